The average molecular weight is 364 g/mol. The summed E-state index contributed by atoms with van der Waals surface area (Å²) in [6.07, 6.45) is 8.33. The average Bonchev–Trinajstić information content (AvgIpc) is 2.79. The van der Waals surface area contributed by atoms with Gasteiger partial charge in [-0.1, -0.05) is 24.3 Å². The molecule has 5 nitrogen and oxygen atoms in total. The highest BCUT2D eigenvalue weighted by Gasteiger charge is 2.08. The second kappa shape index (κ2) is 8.14. The lowest BCUT2D eigenvalue weighted by atomic mass is 10.1. The van der Waals surface area contributed by atoms with Crippen LogP contribution in [0.2, 0.25) is 0 Å². The second-order valence-corrected chi connectivity index (χ2v) is 6.01. The summed E-state index contributed by atoms with van der Waals surface area (Å²) < 4.78 is 0. The maximum Gasteiger partial charge on any atom is 0.204 e. The SMILES string of the molecule is O=C(/C=C/c1cc(-c2ccccn2)nc(-c2ccccn2)c1)c1ccccn1. The molecule has 0 fully saturated rings. The Bertz CT molecular complexity index is 1050. The Balaban J connectivity index is 1.74. The summed E-state index contributed by atoms with van der Waals surface area (Å²) in [6, 6.07) is 20.4. The van der Waals surface area contributed by atoms with E-state index in [1.807, 2.05) is 48.5 Å². The van der Waals surface area contributed by atoms with Crippen molar-refractivity contribution in [3.8, 4) is 22.8 Å². The van der Waals surface area contributed by atoms with E-state index in [1.165, 1.54) is 6.08 Å². The monoisotopic (exact) mass is 364 g/mol. The summed E-state index contributed by atoms with van der Waals surface area (Å²) in [6.45, 7) is 0. The Morgan fingerprint density at radius 1 is 0.679 bits per heavy atom. The molecule has 0 aliphatic carbocycles. The van der Waals surface area contributed by atoms with Crippen molar-refractivity contribution in [2.75, 3.05) is 0 Å². The summed E-state index contributed by atoms with van der Waals surface area (Å²) >= 11 is 0. The first-order chi connectivity index (χ1) is 13.8. The van der Waals surface area contributed by atoms with Crippen LogP contribution >= 0.6 is 0 Å². The van der Waals surface area contributed by atoms with Gasteiger partial charge in [0.25, 0.3) is 0 Å². The van der Waals surface area contributed by atoms with Gasteiger partial charge in [-0.3, -0.25) is 19.7 Å². The lowest BCUT2D eigenvalue weighted by molar-refractivity contribution is 0.104. The molecule has 4 aromatic heterocycles. The van der Waals surface area contributed by atoms with Crippen LogP contribution < -0.4 is 0 Å². The smallest absolute Gasteiger partial charge is 0.204 e. The lowest BCUT2D eigenvalue weighted by Crippen LogP contribution is -1.97. The molecule has 0 saturated carbocycles. The molecule has 4 heterocycles. The molecule has 0 amide bonds. The van der Waals surface area contributed by atoms with Crippen molar-refractivity contribution in [2.24, 2.45) is 0 Å². The molecule has 0 aromatic carbocycles. The summed E-state index contributed by atoms with van der Waals surface area (Å²) in [5.74, 6) is -0.156. The lowest BCUT2D eigenvalue weighted by Gasteiger charge is -2.06. The summed E-state index contributed by atoms with van der Waals surface area (Å²) in [7, 11) is 0. The molecule has 0 radical (unpaired) electrons. The minimum atomic E-state index is -0.156. The van der Waals surface area contributed by atoms with Crippen LogP contribution in [0.1, 0.15) is 16.1 Å². The minimum absolute atomic E-state index is 0.156. The van der Waals surface area contributed by atoms with Gasteiger partial charge in [0.05, 0.1) is 22.8 Å². The topological polar surface area (TPSA) is 68.6 Å². The third-order valence-corrected chi connectivity index (χ3v) is 4.05. The van der Waals surface area contributed by atoms with Crippen molar-refractivity contribution in [3.05, 3.63) is 103 Å². The van der Waals surface area contributed by atoms with Crippen molar-refractivity contribution in [1.82, 2.24) is 19.9 Å². The fraction of sp³-hybridized carbons (Fsp3) is 0. The molecular formula is C23H16N4O. The van der Waals surface area contributed by atoms with E-state index in [9.17, 15) is 4.79 Å². The molecule has 5 heteroatoms. The van der Waals surface area contributed by atoms with Crippen molar-refractivity contribution in [1.29, 1.82) is 0 Å². The van der Waals surface area contributed by atoms with Crippen LogP contribution in [-0.2, 0) is 0 Å². The van der Waals surface area contributed by atoms with E-state index in [-0.39, 0.29) is 5.78 Å². The zero-order valence-corrected chi connectivity index (χ0v) is 14.9. The third-order valence-electron chi connectivity index (χ3n) is 4.05. The minimum Gasteiger partial charge on any atom is -0.288 e. The summed E-state index contributed by atoms with van der Waals surface area (Å²) in [5.41, 5.74) is 4.18. The van der Waals surface area contributed by atoms with Gasteiger partial charge in [0, 0.05) is 18.6 Å². The van der Waals surface area contributed by atoms with Crippen LogP contribution in [-0.4, -0.2) is 25.7 Å². The second-order valence-electron chi connectivity index (χ2n) is 6.01. The van der Waals surface area contributed by atoms with Gasteiger partial charge in [-0.2, -0.15) is 0 Å². The molecule has 0 atom stereocenters. The number of ketones is 1. The van der Waals surface area contributed by atoms with Crippen LogP contribution in [0.25, 0.3) is 28.9 Å². The first-order valence-corrected chi connectivity index (χ1v) is 8.78. The number of carbonyl (C=O) groups excluding carboxylic acids is 1. The van der Waals surface area contributed by atoms with Gasteiger partial charge in [-0.05, 0) is 60.2 Å². The standard InChI is InChI=1S/C23H16N4O/c28-23(20-9-3-6-14-26-20)11-10-17-15-21(18-7-1-4-12-24-18)27-22(16-17)19-8-2-5-13-25-19/h1-16H/b11-10+. The maximum atomic E-state index is 12.3. The Labute approximate surface area is 162 Å². The molecule has 28 heavy (non-hydrogen) atoms. The van der Waals surface area contributed by atoms with E-state index in [0.29, 0.717) is 17.1 Å². The van der Waals surface area contributed by atoms with E-state index in [1.54, 1.807) is 42.9 Å². The fourth-order valence-corrected chi connectivity index (χ4v) is 2.70. The van der Waals surface area contributed by atoms with E-state index < -0.39 is 0 Å². The number of hydrogen-bond acceptors (Lipinski definition) is 5. The molecule has 134 valence electrons. The highest BCUT2D eigenvalue weighted by molar-refractivity contribution is 6.05. The van der Waals surface area contributed by atoms with Crippen LogP contribution in [0.4, 0.5) is 0 Å². The van der Waals surface area contributed by atoms with Gasteiger partial charge >= 0.3 is 0 Å². The number of hydrogen-bond donors (Lipinski definition) is 0. The Morgan fingerprint density at radius 3 is 1.75 bits per heavy atom. The van der Waals surface area contributed by atoms with E-state index in [2.05, 4.69) is 15.0 Å². The Hall–Kier alpha value is -3.99. The van der Waals surface area contributed by atoms with Crippen LogP contribution in [0, 0.1) is 0 Å². The van der Waals surface area contributed by atoms with Crippen molar-refractivity contribution >= 4 is 11.9 Å². The summed E-state index contributed by atoms with van der Waals surface area (Å²) in [4.78, 5) is 29.9. The third kappa shape index (κ3) is 4.04. The molecule has 0 aliphatic rings. The highest BCUT2D eigenvalue weighted by Crippen LogP contribution is 2.23. The highest BCUT2D eigenvalue weighted by atomic mass is 16.1. The molecule has 0 spiro atoms. The fourth-order valence-electron chi connectivity index (χ4n) is 2.70. The zero-order chi connectivity index (χ0) is 19.2. The van der Waals surface area contributed by atoms with Gasteiger partial charge in [-0.15, -0.1) is 0 Å². The largest absolute Gasteiger partial charge is 0.288 e. The number of allylic oxidation sites excluding steroid dienone is 1. The first-order valence-electron chi connectivity index (χ1n) is 8.78. The van der Waals surface area contributed by atoms with Crippen LogP contribution in [0.15, 0.2) is 91.4 Å². The number of nitrogens with zero attached hydrogens (tertiary/aromatic N) is 4. The predicted octanol–water partition coefficient (Wildman–Crippen LogP) is 4.50. The maximum absolute atomic E-state index is 12.3. The number of aromatic nitrogens is 4. The van der Waals surface area contributed by atoms with E-state index >= 15 is 0 Å². The van der Waals surface area contributed by atoms with Crippen molar-refractivity contribution in [3.63, 3.8) is 0 Å². The number of carbonyl (C=O) groups is 1. The van der Waals surface area contributed by atoms with Crippen LogP contribution in [0.5, 0.6) is 0 Å². The molecule has 0 saturated heterocycles. The van der Waals surface area contributed by atoms with Gasteiger partial charge in [0.15, 0.2) is 0 Å². The number of pyridine rings is 4. The zero-order valence-electron chi connectivity index (χ0n) is 14.9. The van der Waals surface area contributed by atoms with E-state index in [0.717, 1.165) is 17.0 Å². The number of rotatable bonds is 5. The van der Waals surface area contributed by atoms with Gasteiger partial charge in [0.2, 0.25) is 5.78 Å². The molecule has 0 aliphatic heterocycles. The molecule has 0 bridgehead atoms. The summed E-state index contributed by atoms with van der Waals surface area (Å²) in [5, 5.41) is 0. The first kappa shape index (κ1) is 17.4. The van der Waals surface area contributed by atoms with Gasteiger partial charge in [0.1, 0.15) is 5.69 Å². The van der Waals surface area contributed by atoms with Gasteiger partial charge < -0.3 is 0 Å². The van der Waals surface area contributed by atoms with Crippen LogP contribution in [0.3, 0.4) is 0 Å². The Kier molecular flexibility index (Phi) is 5.06. The Morgan fingerprint density at radius 2 is 1.25 bits per heavy atom. The molecule has 4 rings (SSSR count). The molecular weight excluding hydrogens is 348 g/mol. The van der Waals surface area contributed by atoms with Gasteiger partial charge in [-0.25, -0.2) is 4.98 Å². The normalized spacial score (nSPS) is 10.9. The molecule has 0 N–H and O–H groups in total. The van der Waals surface area contributed by atoms with E-state index in [4.69, 9.17) is 4.98 Å². The molecule has 4 aromatic rings. The quantitative estimate of drug-likeness (QED) is 0.385. The molecule has 0 unspecified atom stereocenters. The van der Waals surface area contributed by atoms with Crippen molar-refractivity contribution in [2.45, 2.75) is 0 Å². The van der Waals surface area contributed by atoms with Crippen molar-refractivity contribution < 1.29 is 4.79 Å². The predicted molar refractivity (Wildman–Crippen MR) is 108 cm³/mol.